The van der Waals surface area contributed by atoms with E-state index in [2.05, 4.69) is 24.0 Å². The van der Waals surface area contributed by atoms with E-state index in [9.17, 15) is 0 Å². The van der Waals surface area contributed by atoms with E-state index in [4.69, 9.17) is 10.5 Å². The number of methoxy groups -OCH3 is 1. The molecule has 0 radical (unpaired) electrons. The molecule has 0 aliphatic rings. The quantitative estimate of drug-likeness (QED) is 0.742. The second-order valence-electron chi connectivity index (χ2n) is 4.36. The van der Waals surface area contributed by atoms with Crippen LogP contribution in [0.5, 0.6) is 5.75 Å². The van der Waals surface area contributed by atoms with E-state index in [1.54, 1.807) is 7.11 Å². The number of nitrogens with one attached hydrogen (secondary N) is 1. The van der Waals surface area contributed by atoms with Crippen LogP contribution in [0.15, 0.2) is 30.4 Å². The van der Waals surface area contributed by atoms with E-state index in [0.717, 1.165) is 23.4 Å². The topological polar surface area (TPSA) is 47.3 Å². The largest absolute Gasteiger partial charge is 0.496 e. The van der Waals surface area contributed by atoms with E-state index in [1.807, 2.05) is 19.9 Å². The molecule has 0 heterocycles. The van der Waals surface area contributed by atoms with Crippen LogP contribution in [0.25, 0.3) is 0 Å². The summed E-state index contributed by atoms with van der Waals surface area (Å²) >= 11 is 0. The fraction of sp³-hybridized carbons (Fsp3) is 0.429. The SMILES string of the molecule is C=C(C)CNC(CN)c1ccc(OC)c(C)c1. The van der Waals surface area contributed by atoms with Crippen molar-refractivity contribution in [1.29, 1.82) is 0 Å². The molecule has 0 aliphatic heterocycles. The van der Waals surface area contributed by atoms with E-state index in [0.29, 0.717) is 6.54 Å². The van der Waals surface area contributed by atoms with Crippen LogP contribution in [-0.2, 0) is 0 Å². The predicted molar refractivity (Wildman–Crippen MR) is 72.3 cm³/mol. The summed E-state index contributed by atoms with van der Waals surface area (Å²) in [5, 5.41) is 3.38. The van der Waals surface area contributed by atoms with Crippen molar-refractivity contribution in [2.75, 3.05) is 20.2 Å². The third kappa shape index (κ3) is 3.88. The third-order valence-electron chi connectivity index (χ3n) is 2.71. The Hall–Kier alpha value is -1.32. The number of hydrogen-bond donors (Lipinski definition) is 2. The highest BCUT2D eigenvalue weighted by molar-refractivity contribution is 5.37. The van der Waals surface area contributed by atoms with Gasteiger partial charge in [-0.25, -0.2) is 0 Å². The summed E-state index contributed by atoms with van der Waals surface area (Å²) in [5.41, 5.74) is 9.21. The van der Waals surface area contributed by atoms with Crippen LogP contribution in [0.4, 0.5) is 0 Å². The molecule has 3 N–H and O–H groups in total. The fourth-order valence-electron chi connectivity index (χ4n) is 1.75. The van der Waals surface area contributed by atoms with Crippen LogP contribution in [-0.4, -0.2) is 20.2 Å². The summed E-state index contributed by atoms with van der Waals surface area (Å²) in [6.45, 7) is 9.27. The molecule has 1 rings (SSSR count). The number of aryl methyl sites for hydroxylation is 1. The predicted octanol–water partition coefficient (Wildman–Crippen LogP) is 2.17. The number of nitrogens with two attached hydrogens (primary N) is 1. The van der Waals surface area contributed by atoms with Gasteiger partial charge in [0.15, 0.2) is 0 Å². The molecule has 1 atom stereocenters. The molecule has 0 saturated heterocycles. The molecule has 0 bridgehead atoms. The maximum absolute atomic E-state index is 5.79. The summed E-state index contributed by atoms with van der Waals surface area (Å²) in [4.78, 5) is 0. The zero-order chi connectivity index (χ0) is 12.8. The molecule has 1 aromatic rings. The fourth-order valence-corrected chi connectivity index (χ4v) is 1.75. The molecule has 0 saturated carbocycles. The normalized spacial score (nSPS) is 12.2. The second kappa shape index (κ2) is 6.42. The lowest BCUT2D eigenvalue weighted by Gasteiger charge is -2.18. The van der Waals surface area contributed by atoms with Gasteiger partial charge in [0.1, 0.15) is 5.75 Å². The van der Waals surface area contributed by atoms with Gasteiger partial charge < -0.3 is 15.8 Å². The van der Waals surface area contributed by atoms with Gasteiger partial charge >= 0.3 is 0 Å². The minimum absolute atomic E-state index is 0.163. The molecule has 3 heteroatoms. The first-order chi connectivity index (χ1) is 8.08. The third-order valence-corrected chi connectivity index (χ3v) is 2.71. The molecular formula is C14H22N2O. The molecule has 1 aromatic carbocycles. The zero-order valence-electron chi connectivity index (χ0n) is 10.9. The highest BCUT2D eigenvalue weighted by Gasteiger charge is 2.10. The summed E-state index contributed by atoms with van der Waals surface area (Å²) in [6.07, 6.45) is 0. The summed E-state index contributed by atoms with van der Waals surface area (Å²) in [6, 6.07) is 6.31. The van der Waals surface area contributed by atoms with Crippen molar-refractivity contribution in [2.45, 2.75) is 19.9 Å². The van der Waals surface area contributed by atoms with Crippen molar-refractivity contribution in [3.8, 4) is 5.75 Å². The van der Waals surface area contributed by atoms with Gasteiger partial charge in [-0.05, 0) is 31.0 Å². The van der Waals surface area contributed by atoms with Crippen LogP contribution in [0.3, 0.4) is 0 Å². The molecule has 0 aromatic heterocycles. The first kappa shape index (κ1) is 13.7. The van der Waals surface area contributed by atoms with E-state index in [-0.39, 0.29) is 6.04 Å². The Balaban J connectivity index is 2.81. The average Bonchev–Trinajstić information content (AvgIpc) is 2.29. The number of hydrogen-bond acceptors (Lipinski definition) is 3. The lowest BCUT2D eigenvalue weighted by Crippen LogP contribution is -2.29. The van der Waals surface area contributed by atoms with E-state index < -0.39 is 0 Å². The molecule has 0 aliphatic carbocycles. The van der Waals surface area contributed by atoms with Gasteiger partial charge in [-0.1, -0.05) is 24.3 Å². The van der Waals surface area contributed by atoms with Crippen LogP contribution in [0.2, 0.25) is 0 Å². The van der Waals surface area contributed by atoms with Gasteiger partial charge in [-0.15, -0.1) is 0 Å². The highest BCUT2D eigenvalue weighted by Crippen LogP contribution is 2.22. The Morgan fingerprint density at radius 1 is 1.53 bits per heavy atom. The van der Waals surface area contributed by atoms with Crippen LogP contribution in [0, 0.1) is 6.92 Å². The van der Waals surface area contributed by atoms with Crippen LogP contribution in [0.1, 0.15) is 24.1 Å². The molecule has 0 spiro atoms. The number of benzene rings is 1. The molecular weight excluding hydrogens is 212 g/mol. The maximum Gasteiger partial charge on any atom is 0.121 e. The average molecular weight is 234 g/mol. The number of ether oxygens (including phenoxy) is 1. The minimum atomic E-state index is 0.163. The van der Waals surface area contributed by atoms with Gasteiger partial charge in [0, 0.05) is 19.1 Å². The molecule has 17 heavy (non-hydrogen) atoms. The first-order valence-corrected chi connectivity index (χ1v) is 5.80. The zero-order valence-corrected chi connectivity index (χ0v) is 10.9. The Morgan fingerprint density at radius 3 is 2.71 bits per heavy atom. The van der Waals surface area contributed by atoms with Gasteiger partial charge in [0.25, 0.3) is 0 Å². The lowest BCUT2D eigenvalue weighted by atomic mass is 10.0. The van der Waals surface area contributed by atoms with E-state index >= 15 is 0 Å². The Kier molecular flexibility index (Phi) is 5.19. The summed E-state index contributed by atoms with van der Waals surface area (Å²) in [5.74, 6) is 0.907. The number of rotatable bonds is 6. The first-order valence-electron chi connectivity index (χ1n) is 5.80. The summed E-state index contributed by atoms with van der Waals surface area (Å²) < 4.78 is 5.25. The van der Waals surface area contributed by atoms with Crippen LogP contribution < -0.4 is 15.8 Å². The lowest BCUT2D eigenvalue weighted by molar-refractivity contribution is 0.411. The monoisotopic (exact) mass is 234 g/mol. The Labute approximate surface area is 104 Å². The molecule has 0 fully saturated rings. The van der Waals surface area contributed by atoms with Gasteiger partial charge in [-0.2, -0.15) is 0 Å². The molecule has 94 valence electrons. The minimum Gasteiger partial charge on any atom is -0.496 e. The summed E-state index contributed by atoms with van der Waals surface area (Å²) in [7, 11) is 1.68. The molecule has 0 amide bonds. The molecule has 3 nitrogen and oxygen atoms in total. The van der Waals surface area contributed by atoms with Gasteiger partial charge in [0.2, 0.25) is 0 Å². The van der Waals surface area contributed by atoms with Crippen molar-refractivity contribution < 1.29 is 4.74 Å². The molecule has 1 unspecified atom stereocenters. The van der Waals surface area contributed by atoms with Crippen molar-refractivity contribution in [3.63, 3.8) is 0 Å². The smallest absolute Gasteiger partial charge is 0.121 e. The maximum atomic E-state index is 5.79. The van der Waals surface area contributed by atoms with E-state index in [1.165, 1.54) is 5.56 Å². The van der Waals surface area contributed by atoms with Crippen molar-refractivity contribution in [1.82, 2.24) is 5.32 Å². The standard InChI is InChI=1S/C14H22N2O/c1-10(2)9-16-13(8-15)12-5-6-14(17-4)11(3)7-12/h5-7,13,16H,1,8-9,15H2,2-4H3. The Bertz CT molecular complexity index is 388. The second-order valence-corrected chi connectivity index (χ2v) is 4.36. The van der Waals surface area contributed by atoms with Crippen molar-refractivity contribution in [3.05, 3.63) is 41.5 Å². The van der Waals surface area contributed by atoms with Crippen molar-refractivity contribution >= 4 is 0 Å². The van der Waals surface area contributed by atoms with Gasteiger partial charge in [-0.3, -0.25) is 0 Å². The Morgan fingerprint density at radius 2 is 2.24 bits per heavy atom. The van der Waals surface area contributed by atoms with Gasteiger partial charge in [0.05, 0.1) is 7.11 Å². The van der Waals surface area contributed by atoms with Crippen LogP contribution >= 0.6 is 0 Å². The highest BCUT2D eigenvalue weighted by atomic mass is 16.5. The van der Waals surface area contributed by atoms with Crippen molar-refractivity contribution in [2.24, 2.45) is 5.73 Å².